The van der Waals surface area contributed by atoms with Crippen molar-refractivity contribution in [2.75, 3.05) is 66.6 Å². The SMILES string of the molecule is CN=C(NCC1CCCN(CC(C)C)C1)NC1CCN(CCCOC)CC1. The fourth-order valence-electron chi connectivity index (χ4n) is 4.36. The van der Waals surface area contributed by atoms with Gasteiger partial charge < -0.3 is 25.2 Å². The van der Waals surface area contributed by atoms with Gasteiger partial charge >= 0.3 is 0 Å². The van der Waals surface area contributed by atoms with Gasteiger partial charge in [0.05, 0.1) is 0 Å². The first-order valence-electron chi connectivity index (χ1n) is 11.0. The Bertz CT molecular complexity index is 421. The van der Waals surface area contributed by atoms with Crippen molar-refractivity contribution < 1.29 is 4.74 Å². The number of hydrogen-bond acceptors (Lipinski definition) is 4. The first-order chi connectivity index (χ1) is 13.1. The summed E-state index contributed by atoms with van der Waals surface area (Å²) >= 11 is 0. The van der Waals surface area contributed by atoms with Gasteiger partial charge in [-0.05, 0) is 50.5 Å². The molecule has 2 heterocycles. The molecular weight excluding hydrogens is 338 g/mol. The number of guanidine groups is 1. The van der Waals surface area contributed by atoms with Crippen LogP contribution >= 0.6 is 0 Å². The fourth-order valence-corrected chi connectivity index (χ4v) is 4.36. The Morgan fingerprint density at radius 2 is 1.93 bits per heavy atom. The lowest BCUT2D eigenvalue weighted by molar-refractivity contribution is 0.154. The topological polar surface area (TPSA) is 52.1 Å². The van der Waals surface area contributed by atoms with E-state index >= 15 is 0 Å². The quantitative estimate of drug-likeness (QED) is 0.364. The van der Waals surface area contributed by atoms with Crippen molar-refractivity contribution in [3.63, 3.8) is 0 Å². The number of methoxy groups -OCH3 is 1. The molecule has 0 bridgehead atoms. The van der Waals surface area contributed by atoms with Crippen molar-refractivity contribution in [2.45, 2.75) is 52.0 Å². The van der Waals surface area contributed by atoms with E-state index in [1.165, 1.54) is 58.4 Å². The second kappa shape index (κ2) is 12.6. The minimum absolute atomic E-state index is 0.540. The van der Waals surface area contributed by atoms with Crippen LogP contribution in [0.4, 0.5) is 0 Å². The normalized spacial score (nSPS) is 23.7. The number of aliphatic imine (C=N–C) groups is 1. The third-order valence-electron chi connectivity index (χ3n) is 5.76. The Labute approximate surface area is 167 Å². The zero-order valence-corrected chi connectivity index (χ0v) is 18.2. The standard InChI is InChI=1S/C21H43N5O/c1-18(2)16-26-10-5-7-19(17-26)15-23-21(22-3)24-20-8-12-25(13-9-20)11-6-14-27-4/h18-20H,5-17H2,1-4H3,(H2,22,23,24). The van der Waals surface area contributed by atoms with E-state index in [2.05, 4.69) is 39.3 Å². The van der Waals surface area contributed by atoms with Gasteiger partial charge in [0.2, 0.25) is 0 Å². The smallest absolute Gasteiger partial charge is 0.191 e. The molecule has 2 rings (SSSR count). The number of nitrogens with one attached hydrogen (secondary N) is 2. The van der Waals surface area contributed by atoms with Crippen LogP contribution in [-0.2, 0) is 4.74 Å². The Hall–Kier alpha value is -0.850. The molecule has 1 unspecified atom stereocenters. The van der Waals surface area contributed by atoms with Crippen molar-refractivity contribution in [3.8, 4) is 0 Å². The molecule has 0 aromatic rings. The van der Waals surface area contributed by atoms with Crippen LogP contribution in [0, 0.1) is 11.8 Å². The third kappa shape index (κ3) is 8.79. The van der Waals surface area contributed by atoms with E-state index < -0.39 is 0 Å². The monoisotopic (exact) mass is 381 g/mol. The van der Waals surface area contributed by atoms with Gasteiger partial charge in [-0.25, -0.2) is 0 Å². The van der Waals surface area contributed by atoms with Crippen LogP contribution in [0.5, 0.6) is 0 Å². The molecule has 0 spiro atoms. The summed E-state index contributed by atoms with van der Waals surface area (Å²) in [7, 11) is 3.67. The molecule has 0 aromatic heterocycles. The molecule has 6 nitrogen and oxygen atoms in total. The molecule has 2 fully saturated rings. The van der Waals surface area contributed by atoms with E-state index in [9.17, 15) is 0 Å². The highest BCUT2D eigenvalue weighted by Crippen LogP contribution is 2.17. The highest BCUT2D eigenvalue weighted by Gasteiger charge is 2.22. The van der Waals surface area contributed by atoms with Crippen LogP contribution in [-0.4, -0.2) is 88.4 Å². The van der Waals surface area contributed by atoms with Gasteiger partial charge in [-0.15, -0.1) is 0 Å². The molecule has 0 amide bonds. The second-order valence-electron chi connectivity index (χ2n) is 8.72. The van der Waals surface area contributed by atoms with Crippen molar-refractivity contribution >= 4 is 5.96 Å². The van der Waals surface area contributed by atoms with Crippen LogP contribution < -0.4 is 10.6 Å². The van der Waals surface area contributed by atoms with Gasteiger partial charge in [-0.1, -0.05) is 13.8 Å². The maximum atomic E-state index is 5.16. The Balaban J connectivity index is 1.64. The summed E-state index contributed by atoms with van der Waals surface area (Å²) in [6, 6.07) is 0.540. The largest absolute Gasteiger partial charge is 0.385 e. The van der Waals surface area contributed by atoms with E-state index in [0.29, 0.717) is 6.04 Å². The predicted octanol–water partition coefficient (Wildman–Crippen LogP) is 2.02. The zero-order chi connectivity index (χ0) is 19.5. The summed E-state index contributed by atoms with van der Waals surface area (Å²) in [6.07, 6.45) is 6.18. The summed E-state index contributed by atoms with van der Waals surface area (Å²) in [6.45, 7) is 13.7. The molecule has 0 saturated carbocycles. The van der Waals surface area contributed by atoms with Crippen molar-refractivity contribution in [2.24, 2.45) is 16.8 Å². The van der Waals surface area contributed by atoms with Crippen molar-refractivity contribution in [3.05, 3.63) is 0 Å². The molecule has 27 heavy (non-hydrogen) atoms. The van der Waals surface area contributed by atoms with Crippen LogP contribution in [0.1, 0.15) is 46.0 Å². The molecule has 0 radical (unpaired) electrons. The number of likely N-dealkylation sites (tertiary alicyclic amines) is 2. The van der Waals surface area contributed by atoms with E-state index in [1.54, 1.807) is 7.11 Å². The molecular formula is C21H43N5O. The molecule has 2 aliphatic rings. The average Bonchev–Trinajstić information content (AvgIpc) is 2.66. The number of ether oxygens (including phenoxy) is 1. The summed E-state index contributed by atoms with van der Waals surface area (Å²) in [5, 5.41) is 7.25. The number of nitrogens with zero attached hydrogens (tertiary/aromatic N) is 3. The van der Waals surface area contributed by atoms with Crippen LogP contribution in [0.25, 0.3) is 0 Å². The van der Waals surface area contributed by atoms with Gasteiger partial charge in [0.15, 0.2) is 5.96 Å². The van der Waals surface area contributed by atoms with Gasteiger partial charge in [-0.2, -0.15) is 0 Å². The minimum Gasteiger partial charge on any atom is -0.385 e. The van der Waals surface area contributed by atoms with Gasteiger partial charge in [0, 0.05) is 66.1 Å². The molecule has 6 heteroatoms. The molecule has 2 aliphatic heterocycles. The molecule has 0 aliphatic carbocycles. The first kappa shape index (κ1) is 22.4. The molecule has 1 atom stereocenters. The van der Waals surface area contributed by atoms with Crippen LogP contribution in [0.3, 0.4) is 0 Å². The Morgan fingerprint density at radius 3 is 2.59 bits per heavy atom. The molecule has 2 N–H and O–H groups in total. The molecule has 2 saturated heterocycles. The van der Waals surface area contributed by atoms with E-state index in [0.717, 1.165) is 43.9 Å². The second-order valence-corrected chi connectivity index (χ2v) is 8.72. The van der Waals surface area contributed by atoms with Crippen LogP contribution in [0.2, 0.25) is 0 Å². The fraction of sp³-hybridized carbons (Fsp3) is 0.952. The van der Waals surface area contributed by atoms with Gasteiger partial charge in [-0.3, -0.25) is 4.99 Å². The van der Waals surface area contributed by atoms with Crippen molar-refractivity contribution in [1.82, 2.24) is 20.4 Å². The Morgan fingerprint density at radius 1 is 1.15 bits per heavy atom. The lowest BCUT2D eigenvalue weighted by Gasteiger charge is -2.35. The van der Waals surface area contributed by atoms with E-state index in [-0.39, 0.29) is 0 Å². The minimum atomic E-state index is 0.540. The maximum Gasteiger partial charge on any atom is 0.191 e. The van der Waals surface area contributed by atoms with Gasteiger partial charge in [0.25, 0.3) is 0 Å². The average molecular weight is 382 g/mol. The maximum absolute atomic E-state index is 5.16. The highest BCUT2D eigenvalue weighted by molar-refractivity contribution is 5.79. The summed E-state index contributed by atoms with van der Waals surface area (Å²) < 4.78 is 5.16. The lowest BCUT2D eigenvalue weighted by atomic mass is 9.97. The molecule has 158 valence electrons. The van der Waals surface area contributed by atoms with Crippen LogP contribution in [0.15, 0.2) is 4.99 Å². The molecule has 0 aromatic carbocycles. The first-order valence-corrected chi connectivity index (χ1v) is 11.0. The zero-order valence-electron chi connectivity index (χ0n) is 18.2. The van der Waals surface area contributed by atoms with Gasteiger partial charge in [0.1, 0.15) is 0 Å². The summed E-state index contributed by atoms with van der Waals surface area (Å²) in [5.74, 6) is 2.47. The Kier molecular flexibility index (Phi) is 10.5. The highest BCUT2D eigenvalue weighted by atomic mass is 16.5. The number of piperidine rings is 2. The van der Waals surface area contributed by atoms with Crippen molar-refractivity contribution in [1.29, 1.82) is 0 Å². The number of rotatable bonds is 9. The number of hydrogen-bond donors (Lipinski definition) is 2. The van der Waals surface area contributed by atoms with E-state index in [1.807, 2.05) is 7.05 Å². The third-order valence-corrected chi connectivity index (χ3v) is 5.76. The lowest BCUT2D eigenvalue weighted by Crippen LogP contribution is -2.50. The summed E-state index contributed by atoms with van der Waals surface area (Å²) in [5.41, 5.74) is 0. The predicted molar refractivity (Wildman–Crippen MR) is 114 cm³/mol. The summed E-state index contributed by atoms with van der Waals surface area (Å²) in [4.78, 5) is 9.65. The van der Waals surface area contributed by atoms with E-state index in [4.69, 9.17) is 4.74 Å².